The monoisotopic (exact) mass is 334 g/mol. The van der Waals surface area contributed by atoms with E-state index >= 15 is 0 Å². The number of amides is 1. The summed E-state index contributed by atoms with van der Waals surface area (Å²) in [6.07, 6.45) is 5.25. The number of aryl methyl sites for hydroxylation is 2. The highest BCUT2D eigenvalue weighted by Crippen LogP contribution is 2.30. The Balaban J connectivity index is 1.55. The van der Waals surface area contributed by atoms with Gasteiger partial charge >= 0.3 is 0 Å². The van der Waals surface area contributed by atoms with Gasteiger partial charge in [0.1, 0.15) is 0 Å². The minimum absolute atomic E-state index is 0.236. The van der Waals surface area contributed by atoms with Gasteiger partial charge in [0.2, 0.25) is 0 Å². The minimum atomic E-state index is 0.236. The van der Waals surface area contributed by atoms with Crippen LogP contribution >= 0.6 is 0 Å². The van der Waals surface area contributed by atoms with Crippen LogP contribution in [0.25, 0.3) is 0 Å². The molecule has 2 aliphatic rings. The van der Waals surface area contributed by atoms with Crippen molar-refractivity contribution in [1.29, 1.82) is 0 Å². The van der Waals surface area contributed by atoms with Crippen LogP contribution in [0.1, 0.15) is 40.7 Å². The maximum Gasteiger partial charge on any atom is 0.254 e. The first kappa shape index (κ1) is 16.3. The third-order valence-corrected chi connectivity index (χ3v) is 5.66. The summed E-state index contributed by atoms with van der Waals surface area (Å²) in [6, 6.07) is 19.5. The van der Waals surface area contributed by atoms with Gasteiger partial charge in [0, 0.05) is 24.2 Å². The van der Waals surface area contributed by atoms with Crippen LogP contribution in [-0.2, 0) is 12.8 Å². The van der Waals surface area contributed by atoms with Crippen molar-refractivity contribution in [3.8, 4) is 0 Å². The Morgan fingerprint density at radius 2 is 1.68 bits per heavy atom. The van der Waals surface area contributed by atoms with E-state index in [1.165, 1.54) is 11.1 Å². The summed E-state index contributed by atoms with van der Waals surface area (Å²) in [5.41, 5.74) is 3.40. The topological polar surface area (TPSA) is 32.3 Å². The molecule has 2 heterocycles. The van der Waals surface area contributed by atoms with Gasteiger partial charge in [0.15, 0.2) is 0 Å². The van der Waals surface area contributed by atoms with Gasteiger partial charge in [-0.1, -0.05) is 48.5 Å². The predicted octanol–water partition coefficient (Wildman–Crippen LogP) is 3.44. The molecule has 2 fully saturated rings. The number of carbonyl (C=O) groups is 1. The first-order valence-corrected chi connectivity index (χ1v) is 9.48. The molecule has 0 saturated carbocycles. The highest BCUT2D eigenvalue weighted by atomic mass is 16.2. The van der Waals surface area contributed by atoms with Gasteiger partial charge in [-0.2, -0.15) is 0 Å². The Hall–Kier alpha value is -2.13. The summed E-state index contributed by atoms with van der Waals surface area (Å²) in [5.74, 6) is 0.236. The highest BCUT2D eigenvalue weighted by Gasteiger charge is 2.38. The van der Waals surface area contributed by atoms with Crippen molar-refractivity contribution < 1.29 is 4.79 Å². The minimum Gasteiger partial charge on any atom is -0.331 e. The molecule has 25 heavy (non-hydrogen) atoms. The van der Waals surface area contributed by atoms with E-state index in [4.69, 9.17) is 0 Å². The number of fused-ring (bicyclic) bond motifs is 2. The smallest absolute Gasteiger partial charge is 0.254 e. The molecule has 4 rings (SSSR count). The lowest BCUT2D eigenvalue weighted by Crippen LogP contribution is -2.42. The van der Waals surface area contributed by atoms with Gasteiger partial charge in [0.05, 0.1) is 0 Å². The van der Waals surface area contributed by atoms with E-state index in [0.717, 1.165) is 50.8 Å². The van der Waals surface area contributed by atoms with E-state index in [0.29, 0.717) is 12.1 Å². The lowest BCUT2D eigenvalue weighted by atomic mass is 9.98. The molecule has 2 aliphatic heterocycles. The second-order valence-corrected chi connectivity index (χ2v) is 7.23. The number of nitrogens with one attached hydrogen (secondary N) is 1. The highest BCUT2D eigenvalue weighted by molar-refractivity contribution is 5.96. The molecule has 130 valence electrons. The molecule has 0 radical (unpaired) electrons. The Kier molecular flexibility index (Phi) is 4.84. The molecule has 1 amide bonds. The van der Waals surface area contributed by atoms with Crippen LogP contribution in [0, 0.1) is 0 Å². The van der Waals surface area contributed by atoms with Crippen LogP contribution in [-0.4, -0.2) is 36.0 Å². The lowest BCUT2D eigenvalue weighted by molar-refractivity contribution is 0.0679. The summed E-state index contributed by atoms with van der Waals surface area (Å²) >= 11 is 0. The van der Waals surface area contributed by atoms with Crippen molar-refractivity contribution in [3.63, 3.8) is 0 Å². The van der Waals surface area contributed by atoms with Gasteiger partial charge in [-0.15, -0.1) is 0 Å². The SMILES string of the molecule is O=C(c1ccccc1CCc1ccccc1)N1C2CCNCC1CC2. The van der Waals surface area contributed by atoms with E-state index in [2.05, 4.69) is 46.6 Å². The van der Waals surface area contributed by atoms with E-state index in [1.807, 2.05) is 18.2 Å². The predicted molar refractivity (Wildman–Crippen MR) is 101 cm³/mol. The fraction of sp³-hybridized carbons (Fsp3) is 0.409. The number of carbonyl (C=O) groups excluding carboxylic acids is 1. The molecule has 2 aromatic carbocycles. The molecule has 3 heteroatoms. The molecule has 0 spiro atoms. The molecule has 2 atom stereocenters. The van der Waals surface area contributed by atoms with Crippen LogP contribution in [0.4, 0.5) is 0 Å². The second kappa shape index (κ2) is 7.40. The Morgan fingerprint density at radius 1 is 0.920 bits per heavy atom. The molecule has 2 aromatic rings. The molecule has 0 aromatic heterocycles. The Morgan fingerprint density at radius 3 is 2.56 bits per heavy atom. The zero-order valence-electron chi connectivity index (χ0n) is 14.7. The normalized spacial score (nSPS) is 22.6. The number of hydrogen-bond donors (Lipinski definition) is 1. The zero-order valence-corrected chi connectivity index (χ0v) is 14.7. The number of benzene rings is 2. The molecular formula is C22H26N2O. The van der Waals surface area contributed by atoms with Crippen molar-refractivity contribution in [3.05, 3.63) is 71.3 Å². The second-order valence-electron chi connectivity index (χ2n) is 7.23. The molecule has 3 nitrogen and oxygen atoms in total. The molecule has 2 bridgehead atoms. The summed E-state index contributed by atoms with van der Waals surface area (Å²) < 4.78 is 0. The summed E-state index contributed by atoms with van der Waals surface area (Å²) in [6.45, 7) is 1.97. The zero-order chi connectivity index (χ0) is 17.1. The average Bonchev–Trinajstić information content (AvgIpc) is 2.93. The maximum atomic E-state index is 13.3. The molecule has 2 saturated heterocycles. The number of rotatable bonds is 4. The third-order valence-electron chi connectivity index (χ3n) is 5.66. The summed E-state index contributed by atoms with van der Waals surface area (Å²) in [5, 5.41) is 3.48. The largest absolute Gasteiger partial charge is 0.331 e. The lowest BCUT2D eigenvalue weighted by Gasteiger charge is -2.28. The molecule has 2 unspecified atom stereocenters. The average molecular weight is 334 g/mol. The maximum absolute atomic E-state index is 13.3. The Labute approximate surface area is 150 Å². The van der Waals surface area contributed by atoms with Gasteiger partial charge in [-0.25, -0.2) is 0 Å². The van der Waals surface area contributed by atoms with Crippen molar-refractivity contribution in [2.75, 3.05) is 13.1 Å². The number of nitrogens with zero attached hydrogens (tertiary/aromatic N) is 1. The van der Waals surface area contributed by atoms with Gasteiger partial charge in [-0.3, -0.25) is 4.79 Å². The van der Waals surface area contributed by atoms with Crippen LogP contribution < -0.4 is 5.32 Å². The number of hydrogen-bond acceptors (Lipinski definition) is 2. The summed E-state index contributed by atoms with van der Waals surface area (Å²) in [4.78, 5) is 15.5. The van der Waals surface area contributed by atoms with Crippen LogP contribution in [0.15, 0.2) is 54.6 Å². The van der Waals surface area contributed by atoms with Gasteiger partial charge in [-0.05, 0) is 55.8 Å². The first-order chi connectivity index (χ1) is 12.3. The molecule has 0 aliphatic carbocycles. The Bertz CT molecular complexity index is 714. The van der Waals surface area contributed by atoms with E-state index in [9.17, 15) is 4.79 Å². The molecule has 1 N–H and O–H groups in total. The quantitative estimate of drug-likeness (QED) is 0.929. The van der Waals surface area contributed by atoms with Crippen molar-refractivity contribution >= 4 is 5.91 Å². The third kappa shape index (κ3) is 3.47. The van der Waals surface area contributed by atoms with Crippen LogP contribution in [0.3, 0.4) is 0 Å². The summed E-state index contributed by atoms with van der Waals surface area (Å²) in [7, 11) is 0. The molecular weight excluding hydrogens is 308 g/mol. The van der Waals surface area contributed by atoms with Gasteiger partial charge < -0.3 is 10.2 Å². The fourth-order valence-electron chi connectivity index (χ4n) is 4.32. The van der Waals surface area contributed by atoms with Crippen molar-refractivity contribution in [2.45, 2.75) is 44.2 Å². The van der Waals surface area contributed by atoms with Crippen LogP contribution in [0.2, 0.25) is 0 Å². The van der Waals surface area contributed by atoms with Gasteiger partial charge in [0.25, 0.3) is 5.91 Å². The van der Waals surface area contributed by atoms with E-state index in [1.54, 1.807) is 0 Å². The van der Waals surface area contributed by atoms with E-state index < -0.39 is 0 Å². The fourth-order valence-corrected chi connectivity index (χ4v) is 4.32. The van der Waals surface area contributed by atoms with Crippen molar-refractivity contribution in [1.82, 2.24) is 10.2 Å². The van der Waals surface area contributed by atoms with E-state index in [-0.39, 0.29) is 5.91 Å². The first-order valence-electron chi connectivity index (χ1n) is 9.48. The van der Waals surface area contributed by atoms with Crippen molar-refractivity contribution in [2.24, 2.45) is 0 Å². The standard InChI is InChI=1S/C22H26N2O/c25-22(24-19-12-13-20(24)16-23-15-14-19)21-9-5-4-8-18(21)11-10-17-6-2-1-3-7-17/h1-9,19-20,23H,10-16H2. The van der Waals surface area contributed by atoms with Crippen LogP contribution in [0.5, 0.6) is 0 Å².